The molecule has 3 heterocycles. The summed E-state index contributed by atoms with van der Waals surface area (Å²) in [5.41, 5.74) is 4.91. The number of ether oxygens (including phenoxy) is 2. The van der Waals surface area contributed by atoms with Gasteiger partial charge in [0.05, 0.1) is 5.30 Å². The lowest BCUT2D eigenvalue weighted by Gasteiger charge is -2.34. The third-order valence-electron chi connectivity index (χ3n) is 7.84. The lowest BCUT2D eigenvalue weighted by molar-refractivity contribution is 0.466. The van der Waals surface area contributed by atoms with E-state index in [9.17, 15) is 0 Å². The fourth-order valence-electron chi connectivity index (χ4n) is 6.02. The van der Waals surface area contributed by atoms with Crippen molar-refractivity contribution in [1.82, 2.24) is 0 Å². The monoisotopic (exact) mass is 548 g/mol. The van der Waals surface area contributed by atoms with Crippen LogP contribution in [-0.4, -0.2) is 0 Å². The van der Waals surface area contributed by atoms with Crippen LogP contribution in [0, 0.1) is 0 Å². The third-order valence-corrected chi connectivity index (χ3v) is 11.6. The normalized spacial score (nSPS) is 14.7. The van der Waals surface area contributed by atoms with Crippen molar-refractivity contribution in [3.63, 3.8) is 0 Å². The quantitative estimate of drug-likeness (QED) is 0.200. The Kier molecular flexibility index (Phi) is 4.78. The summed E-state index contributed by atoms with van der Waals surface area (Å²) >= 11 is 1.88. The maximum atomic E-state index is 6.44. The van der Waals surface area contributed by atoms with Gasteiger partial charge in [-0.25, -0.2) is 0 Å². The molecule has 0 radical (unpaired) electrons. The minimum Gasteiger partial charge on any atom is -0.456 e. The van der Waals surface area contributed by atoms with Crippen molar-refractivity contribution in [3.8, 4) is 45.3 Å². The zero-order chi connectivity index (χ0) is 26.2. The van der Waals surface area contributed by atoms with E-state index in [0.29, 0.717) is 0 Å². The number of fused-ring (bicyclic) bond motifs is 7. The van der Waals surface area contributed by atoms with Gasteiger partial charge in [0.1, 0.15) is 23.0 Å². The second-order valence-corrected chi connectivity index (χ2v) is 13.3. The first kappa shape index (κ1) is 22.4. The summed E-state index contributed by atoms with van der Waals surface area (Å²) in [7, 11) is -0.793. The SMILES string of the molecule is c1cc(-c2ccc3c(c2)P2c4ccccc4Oc4cccc(c42)O3)cc(-c2cccc3c2sc2ccccc23)c1. The van der Waals surface area contributed by atoms with Crippen LogP contribution < -0.4 is 25.4 Å². The topological polar surface area (TPSA) is 18.5 Å². The second kappa shape index (κ2) is 8.53. The highest BCUT2D eigenvalue weighted by atomic mass is 32.1. The van der Waals surface area contributed by atoms with E-state index in [0.717, 1.165) is 23.0 Å². The Bertz CT molecular complexity index is 2130. The molecule has 0 spiro atoms. The molecule has 0 fully saturated rings. The van der Waals surface area contributed by atoms with Crippen molar-refractivity contribution < 1.29 is 9.47 Å². The molecule has 2 aliphatic rings. The van der Waals surface area contributed by atoms with E-state index >= 15 is 0 Å². The molecular formula is C36H21O2PS. The molecule has 0 aliphatic carbocycles. The van der Waals surface area contributed by atoms with Gasteiger partial charge < -0.3 is 9.47 Å². The molecule has 40 heavy (non-hydrogen) atoms. The maximum Gasteiger partial charge on any atom is 0.139 e. The lowest BCUT2D eigenvalue weighted by Crippen LogP contribution is -2.31. The zero-order valence-electron chi connectivity index (χ0n) is 21.3. The van der Waals surface area contributed by atoms with Gasteiger partial charge in [-0.1, -0.05) is 84.9 Å². The van der Waals surface area contributed by atoms with Crippen LogP contribution in [0.3, 0.4) is 0 Å². The van der Waals surface area contributed by atoms with Crippen LogP contribution in [0.2, 0.25) is 0 Å². The standard InChI is InChI=1S/C36H21O2PS/c1-4-17-34-26(10-1)27-12-6-11-25(36(27)40-34)24-9-5-8-22(20-24)23-18-19-29-33(21-23)39-32-16-3-2-13-28(32)37-30-14-7-15-31(38-29)35(30)39/h1-21H. The van der Waals surface area contributed by atoms with Crippen LogP contribution in [0.5, 0.6) is 23.0 Å². The zero-order valence-corrected chi connectivity index (χ0v) is 23.0. The van der Waals surface area contributed by atoms with Crippen molar-refractivity contribution in [2.45, 2.75) is 0 Å². The molecule has 4 heteroatoms. The van der Waals surface area contributed by atoms with Crippen LogP contribution in [0.1, 0.15) is 0 Å². The summed E-state index contributed by atoms with van der Waals surface area (Å²) in [6, 6.07) is 45.5. The number of hydrogen-bond acceptors (Lipinski definition) is 3. The Morgan fingerprint density at radius 3 is 2.08 bits per heavy atom. The fraction of sp³-hybridized carbons (Fsp3) is 0. The van der Waals surface area contributed by atoms with Gasteiger partial charge in [-0.15, -0.1) is 11.3 Å². The van der Waals surface area contributed by atoms with E-state index < -0.39 is 7.92 Å². The van der Waals surface area contributed by atoms with Crippen LogP contribution in [0.4, 0.5) is 0 Å². The van der Waals surface area contributed by atoms with E-state index in [1.165, 1.54) is 58.3 Å². The van der Waals surface area contributed by atoms with Gasteiger partial charge >= 0.3 is 0 Å². The first-order valence-electron chi connectivity index (χ1n) is 13.3. The Morgan fingerprint density at radius 2 is 1.15 bits per heavy atom. The molecule has 2 aliphatic heterocycles. The predicted octanol–water partition coefficient (Wildman–Crippen LogP) is 9.36. The maximum absolute atomic E-state index is 6.44. The Hall–Kier alpha value is -4.43. The number of para-hydroxylation sites is 1. The Labute approximate surface area is 236 Å². The van der Waals surface area contributed by atoms with Gasteiger partial charge in [0.15, 0.2) is 0 Å². The molecule has 6 aromatic carbocycles. The molecule has 7 aromatic rings. The number of thiophene rings is 1. The van der Waals surface area contributed by atoms with Crippen molar-refractivity contribution in [3.05, 3.63) is 127 Å². The first-order valence-corrected chi connectivity index (χ1v) is 15.5. The number of hydrogen-bond donors (Lipinski definition) is 0. The molecule has 1 unspecified atom stereocenters. The summed E-state index contributed by atoms with van der Waals surface area (Å²) < 4.78 is 15.4. The van der Waals surface area contributed by atoms with Crippen LogP contribution in [0.25, 0.3) is 42.4 Å². The molecule has 188 valence electrons. The Morgan fingerprint density at radius 1 is 0.475 bits per heavy atom. The van der Waals surface area contributed by atoms with Crippen LogP contribution in [-0.2, 0) is 0 Å². The molecule has 0 saturated heterocycles. The van der Waals surface area contributed by atoms with Gasteiger partial charge in [-0.2, -0.15) is 0 Å². The summed E-state index contributed by atoms with van der Waals surface area (Å²) in [4.78, 5) is 0. The predicted molar refractivity (Wildman–Crippen MR) is 169 cm³/mol. The molecule has 9 rings (SSSR count). The van der Waals surface area contributed by atoms with Gasteiger partial charge in [-0.05, 0) is 64.7 Å². The van der Waals surface area contributed by atoms with Gasteiger partial charge in [0, 0.05) is 38.7 Å². The summed E-state index contributed by atoms with van der Waals surface area (Å²) in [5, 5.41) is 6.30. The lowest BCUT2D eigenvalue weighted by atomic mass is 9.98. The highest BCUT2D eigenvalue weighted by Crippen LogP contribution is 2.53. The summed E-state index contributed by atoms with van der Waals surface area (Å²) in [6.07, 6.45) is 0. The van der Waals surface area contributed by atoms with Crippen molar-refractivity contribution in [1.29, 1.82) is 0 Å². The molecule has 0 saturated carbocycles. The highest BCUT2D eigenvalue weighted by Gasteiger charge is 2.36. The van der Waals surface area contributed by atoms with E-state index in [2.05, 4.69) is 115 Å². The van der Waals surface area contributed by atoms with E-state index in [-0.39, 0.29) is 0 Å². The molecule has 0 bridgehead atoms. The fourth-order valence-corrected chi connectivity index (χ4v) is 9.87. The van der Waals surface area contributed by atoms with Gasteiger partial charge in [-0.3, -0.25) is 0 Å². The minimum atomic E-state index is -0.793. The average molecular weight is 549 g/mol. The van der Waals surface area contributed by atoms with Crippen molar-refractivity contribution in [2.24, 2.45) is 0 Å². The molecule has 0 amide bonds. The van der Waals surface area contributed by atoms with Gasteiger partial charge in [0.25, 0.3) is 0 Å². The smallest absolute Gasteiger partial charge is 0.139 e. The van der Waals surface area contributed by atoms with Crippen molar-refractivity contribution in [2.75, 3.05) is 0 Å². The highest BCUT2D eigenvalue weighted by molar-refractivity contribution is 7.80. The molecule has 1 atom stereocenters. The third kappa shape index (κ3) is 3.26. The second-order valence-electron chi connectivity index (χ2n) is 10.2. The van der Waals surface area contributed by atoms with E-state index in [1.807, 2.05) is 23.5 Å². The molecule has 1 aromatic heterocycles. The van der Waals surface area contributed by atoms with Crippen LogP contribution in [0.15, 0.2) is 127 Å². The van der Waals surface area contributed by atoms with Crippen LogP contribution >= 0.6 is 19.3 Å². The van der Waals surface area contributed by atoms with Gasteiger partial charge in [0.2, 0.25) is 0 Å². The molecule has 2 nitrogen and oxygen atoms in total. The minimum absolute atomic E-state index is 0.793. The number of benzene rings is 6. The largest absolute Gasteiger partial charge is 0.456 e. The van der Waals surface area contributed by atoms with E-state index in [1.54, 1.807) is 0 Å². The Balaban J connectivity index is 1.19. The average Bonchev–Trinajstić information content (AvgIpc) is 3.40. The first-order chi connectivity index (χ1) is 19.8. The van der Waals surface area contributed by atoms with E-state index in [4.69, 9.17) is 9.47 Å². The summed E-state index contributed by atoms with van der Waals surface area (Å²) in [5.74, 6) is 3.67. The number of rotatable bonds is 2. The molecular weight excluding hydrogens is 527 g/mol. The molecule has 0 N–H and O–H groups in total. The van der Waals surface area contributed by atoms with Crippen molar-refractivity contribution >= 4 is 55.3 Å². The summed E-state index contributed by atoms with van der Waals surface area (Å²) in [6.45, 7) is 0.